The summed E-state index contributed by atoms with van der Waals surface area (Å²) in [6.45, 7) is 10.8. The van der Waals surface area contributed by atoms with Gasteiger partial charge in [0.05, 0.1) is 0 Å². The Morgan fingerprint density at radius 2 is 1.81 bits per heavy atom. The molecule has 0 aromatic heterocycles. The molecular weight excluding hydrogens is 256 g/mol. The summed E-state index contributed by atoms with van der Waals surface area (Å²) in [5, 5.41) is 0. The average Bonchev–Trinajstić information content (AvgIpc) is 2.37. The van der Waals surface area contributed by atoms with Crippen LogP contribution in [0.25, 0.3) is 0 Å². The van der Waals surface area contributed by atoms with Crippen LogP contribution in [-0.4, -0.2) is 6.29 Å². The zero-order chi connectivity index (χ0) is 15.9. The molecule has 0 fully saturated rings. The Balaban J connectivity index is 2.80. The molecular formula is C20H27O. The lowest BCUT2D eigenvalue weighted by Crippen LogP contribution is -2.19. The number of allylic oxidation sites excluding steroid dienone is 10. The van der Waals surface area contributed by atoms with E-state index in [-0.39, 0.29) is 5.41 Å². The normalized spacial score (nSPS) is 20.6. The summed E-state index contributed by atoms with van der Waals surface area (Å²) in [6.07, 6.45) is 17.5. The topological polar surface area (TPSA) is 17.1 Å². The number of carbonyl (C=O) groups is 1. The van der Waals surface area contributed by atoms with E-state index in [1.807, 2.05) is 19.1 Å². The molecule has 0 bridgehead atoms. The highest BCUT2D eigenvalue weighted by Gasteiger charge is 2.26. The van der Waals surface area contributed by atoms with Crippen molar-refractivity contribution in [2.45, 2.75) is 47.5 Å². The van der Waals surface area contributed by atoms with Crippen LogP contribution in [0.5, 0.6) is 0 Å². The van der Waals surface area contributed by atoms with E-state index in [1.165, 1.54) is 29.6 Å². The van der Waals surface area contributed by atoms with Gasteiger partial charge in [-0.25, -0.2) is 0 Å². The zero-order valence-electron chi connectivity index (χ0n) is 13.9. The van der Waals surface area contributed by atoms with E-state index in [0.717, 1.165) is 11.9 Å². The second-order valence-electron chi connectivity index (χ2n) is 6.37. The lowest BCUT2D eigenvalue weighted by Gasteiger charge is -2.32. The molecule has 0 saturated heterocycles. The maximum absolute atomic E-state index is 10.3. The summed E-state index contributed by atoms with van der Waals surface area (Å²) >= 11 is 0. The largest absolute Gasteiger partial charge is 0.299 e. The summed E-state index contributed by atoms with van der Waals surface area (Å²) < 4.78 is 0. The van der Waals surface area contributed by atoms with E-state index in [2.05, 4.69) is 52.3 Å². The average molecular weight is 283 g/mol. The fourth-order valence-corrected chi connectivity index (χ4v) is 2.57. The molecule has 1 aliphatic rings. The highest BCUT2D eigenvalue weighted by molar-refractivity contribution is 5.66. The van der Waals surface area contributed by atoms with Gasteiger partial charge in [-0.2, -0.15) is 0 Å². The van der Waals surface area contributed by atoms with Crippen molar-refractivity contribution >= 4 is 6.29 Å². The lowest BCUT2D eigenvalue weighted by atomic mass is 9.72. The molecule has 1 heteroatoms. The maximum Gasteiger partial charge on any atom is 0.143 e. The molecule has 0 unspecified atom stereocenters. The Hall–Kier alpha value is -1.63. The van der Waals surface area contributed by atoms with E-state index in [0.29, 0.717) is 0 Å². The predicted molar refractivity (Wildman–Crippen MR) is 91.9 cm³/mol. The van der Waals surface area contributed by atoms with Crippen molar-refractivity contribution in [1.82, 2.24) is 0 Å². The third-order valence-corrected chi connectivity index (χ3v) is 3.94. The van der Waals surface area contributed by atoms with Crippen molar-refractivity contribution in [3.63, 3.8) is 0 Å². The molecule has 1 radical (unpaired) electrons. The van der Waals surface area contributed by atoms with Crippen LogP contribution in [0, 0.1) is 11.8 Å². The summed E-state index contributed by atoms with van der Waals surface area (Å²) in [6, 6.07) is 0. The van der Waals surface area contributed by atoms with Crippen molar-refractivity contribution in [3.05, 3.63) is 65.2 Å². The molecule has 0 atom stereocenters. The number of aldehydes is 1. The summed E-state index contributed by atoms with van der Waals surface area (Å²) in [4.78, 5) is 10.3. The second kappa shape index (κ2) is 7.97. The first-order valence-electron chi connectivity index (χ1n) is 7.56. The van der Waals surface area contributed by atoms with Gasteiger partial charge < -0.3 is 0 Å². The summed E-state index contributed by atoms with van der Waals surface area (Å²) in [5.74, 6) is 0. The SMILES string of the molecule is CC1=C(/C=C/C(C)=C/C=C/C(C)=C/C=O)C(C)(C)CC[CH]1. The highest BCUT2D eigenvalue weighted by atomic mass is 16.1. The smallest absolute Gasteiger partial charge is 0.143 e. The van der Waals surface area contributed by atoms with E-state index < -0.39 is 0 Å². The number of hydrogen-bond donors (Lipinski definition) is 0. The summed E-state index contributed by atoms with van der Waals surface area (Å²) in [7, 11) is 0. The van der Waals surface area contributed by atoms with Crippen LogP contribution in [0.4, 0.5) is 0 Å². The van der Waals surface area contributed by atoms with E-state index >= 15 is 0 Å². The molecule has 0 aliphatic heterocycles. The molecule has 0 heterocycles. The van der Waals surface area contributed by atoms with Crippen molar-refractivity contribution in [3.8, 4) is 0 Å². The predicted octanol–water partition coefficient (Wildman–Crippen LogP) is 5.53. The number of rotatable bonds is 5. The molecule has 0 spiro atoms. The van der Waals surface area contributed by atoms with Crippen molar-refractivity contribution in [1.29, 1.82) is 0 Å². The van der Waals surface area contributed by atoms with Gasteiger partial charge >= 0.3 is 0 Å². The van der Waals surface area contributed by atoms with Gasteiger partial charge in [0.2, 0.25) is 0 Å². The minimum Gasteiger partial charge on any atom is -0.299 e. The molecule has 1 aliphatic carbocycles. The number of carbonyl (C=O) groups excluding carboxylic acids is 1. The highest BCUT2D eigenvalue weighted by Crippen LogP contribution is 2.40. The van der Waals surface area contributed by atoms with E-state index in [1.54, 1.807) is 6.08 Å². The first-order valence-corrected chi connectivity index (χ1v) is 7.56. The van der Waals surface area contributed by atoms with Gasteiger partial charge in [-0.15, -0.1) is 0 Å². The van der Waals surface area contributed by atoms with Gasteiger partial charge in [0.1, 0.15) is 6.29 Å². The first kappa shape index (κ1) is 17.4. The summed E-state index contributed by atoms with van der Waals surface area (Å²) in [5.41, 5.74) is 5.25. The fraction of sp³-hybridized carbons (Fsp3) is 0.400. The molecule has 0 aromatic carbocycles. The van der Waals surface area contributed by atoms with Gasteiger partial charge in [0, 0.05) is 0 Å². The van der Waals surface area contributed by atoms with E-state index in [4.69, 9.17) is 0 Å². The standard InChI is InChI=1S/C20H27O/c1-16(8-6-9-17(2)13-15-21)11-12-19-18(3)10-7-14-20(19,4)5/h6,8-13,15H,7,14H2,1-5H3/b9-6+,12-11+,16-8+,17-13+. The van der Waals surface area contributed by atoms with Crippen LogP contribution in [0.15, 0.2) is 58.7 Å². The van der Waals surface area contributed by atoms with E-state index in [9.17, 15) is 4.79 Å². The fourth-order valence-electron chi connectivity index (χ4n) is 2.57. The van der Waals surface area contributed by atoms with Gasteiger partial charge in [-0.3, -0.25) is 4.79 Å². The minimum atomic E-state index is 0.259. The molecule has 0 saturated carbocycles. The zero-order valence-corrected chi connectivity index (χ0v) is 13.9. The third kappa shape index (κ3) is 5.71. The van der Waals surface area contributed by atoms with Gasteiger partial charge in [-0.05, 0) is 62.7 Å². The molecule has 1 nitrogen and oxygen atoms in total. The molecule has 113 valence electrons. The number of hydrogen-bond acceptors (Lipinski definition) is 1. The lowest BCUT2D eigenvalue weighted by molar-refractivity contribution is -0.104. The van der Waals surface area contributed by atoms with Gasteiger partial charge in [0.25, 0.3) is 0 Å². The Bertz CT molecular complexity index is 522. The van der Waals surface area contributed by atoms with Crippen LogP contribution >= 0.6 is 0 Å². The minimum absolute atomic E-state index is 0.259. The van der Waals surface area contributed by atoms with Crippen molar-refractivity contribution < 1.29 is 4.79 Å². The van der Waals surface area contributed by atoms with Crippen LogP contribution in [-0.2, 0) is 4.79 Å². The Morgan fingerprint density at radius 1 is 1.14 bits per heavy atom. The molecule has 0 amide bonds. The molecule has 1 rings (SSSR count). The van der Waals surface area contributed by atoms with Gasteiger partial charge in [0.15, 0.2) is 0 Å². The Morgan fingerprint density at radius 3 is 2.43 bits per heavy atom. The first-order chi connectivity index (χ1) is 9.86. The third-order valence-electron chi connectivity index (χ3n) is 3.94. The molecule has 0 N–H and O–H groups in total. The van der Waals surface area contributed by atoms with Crippen LogP contribution < -0.4 is 0 Å². The van der Waals surface area contributed by atoms with Crippen molar-refractivity contribution in [2.75, 3.05) is 0 Å². The maximum atomic E-state index is 10.3. The Labute approximate surface area is 129 Å². The van der Waals surface area contributed by atoms with Crippen LogP contribution in [0.1, 0.15) is 47.5 Å². The monoisotopic (exact) mass is 283 g/mol. The van der Waals surface area contributed by atoms with Crippen molar-refractivity contribution in [2.24, 2.45) is 5.41 Å². The van der Waals surface area contributed by atoms with Crippen LogP contribution in [0.2, 0.25) is 0 Å². The molecule has 0 aromatic rings. The van der Waals surface area contributed by atoms with Crippen LogP contribution in [0.3, 0.4) is 0 Å². The Kier molecular flexibility index (Phi) is 6.61. The molecule has 21 heavy (non-hydrogen) atoms. The van der Waals surface area contributed by atoms with Gasteiger partial charge in [-0.1, -0.05) is 55.4 Å². The quantitative estimate of drug-likeness (QED) is 0.368. The second-order valence-corrected chi connectivity index (χ2v) is 6.37.